The van der Waals surface area contributed by atoms with E-state index >= 15 is 0 Å². The van der Waals surface area contributed by atoms with Crippen molar-refractivity contribution in [1.29, 1.82) is 0 Å². The summed E-state index contributed by atoms with van der Waals surface area (Å²) in [5.41, 5.74) is 0. The number of rotatable bonds is 3. The maximum absolute atomic E-state index is 5.71. The van der Waals surface area contributed by atoms with Crippen molar-refractivity contribution in [3.63, 3.8) is 0 Å². The van der Waals surface area contributed by atoms with Gasteiger partial charge in [0.25, 0.3) is 0 Å². The molecule has 0 unspecified atom stereocenters. The van der Waals surface area contributed by atoms with Gasteiger partial charge in [0.15, 0.2) is 5.79 Å². The van der Waals surface area contributed by atoms with Crippen LogP contribution in [-0.2, 0) is 16.0 Å². The minimum Gasteiger partial charge on any atom is -0.348 e. The van der Waals surface area contributed by atoms with E-state index in [1.54, 1.807) is 6.20 Å². The Balaban J connectivity index is 1.45. The summed E-state index contributed by atoms with van der Waals surface area (Å²) in [7, 11) is 0. The van der Waals surface area contributed by atoms with E-state index in [4.69, 9.17) is 9.47 Å². The average molecular weight is 237 g/mol. The fraction of sp³-hybridized carbons (Fsp3) is 0.750. The summed E-state index contributed by atoms with van der Waals surface area (Å²) in [5, 5.41) is 3.53. The molecular weight excluding hydrogens is 218 g/mol. The predicted molar refractivity (Wildman–Crippen MR) is 62.3 cm³/mol. The number of nitrogens with zero attached hydrogens (tertiary/aromatic N) is 1. The van der Waals surface area contributed by atoms with Crippen molar-refractivity contribution in [2.24, 2.45) is 0 Å². The van der Waals surface area contributed by atoms with Crippen molar-refractivity contribution >= 4 is 0 Å². The third-order valence-electron chi connectivity index (χ3n) is 3.67. The molecule has 0 radical (unpaired) electrons. The second-order valence-corrected chi connectivity index (χ2v) is 4.80. The molecule has 3 rings (SSSR count). The fourth-order valence-electron chi connectivity index (χ4n) is 2.68. The van der Waals surface area contributed by atoms with Gasteiger partial charge in [-0.15, -0.1) is 0 Å². The summed E-state index contributed by atoms with van der Waals surface area (Å²) in [4.78, 5) is 7.31. The molecule has 17 heavy (non-hydrogen) atoms. The largest absolute Gasteiger partial charge is 0.348 e. The lowest BCUT2D eigenvalue weighted by Crippen LogP contribution is -2.41. The lowest BCUT2D eigenvalue weighted by molar-refractivity contribution is -0.179. The van der Waals surface area contributed by atoms with Gasteiger partial charge in [-0.3, -0.25) is 0 Å². The molecule has 2 heterocycles. The molecule has 1 aromatic rings. The van der Waals surface area contributed by atoms with Crippen molar-refractivity contribution < 1.29 is 9.47 Å². The Labute approximate surface area is 101 Å². The highest BCUT2D eigenvalue weighted by Gasteiger charge is 2.40. The molecule has 1 spiro atoms. The highest BCUT2D eigenvalue weighted by Crippen LogP contribution is 2.35. The van der Waals surface area contributed by atoms with Crippen LogP contribution in [0.5, 0.6) is 0 Å². The topological polar surface area (TPSA) is 59.2 Å². The average Bonchev–Trinajstić information content (AvgIpc) is 3.01. The van der Waals surface area contributed by atoms with Crippen LogP contribution in [0.2, 0.25) is 0 Å². The van der Waals surface area contributed by atoms with Crippen molar-refractivity contribution in [3.8, 4) is 0 Å². The first-order chi connectivity index (χ1) is 8.36. The molecule has 2 fully saturated rings. The molecule has 1 aliphatic heterocycles. The van der Waals surface area contributed by atoms with Gasteiger partial charge in [-0.05, 0) is 12.8 Å². The summed E-state index contributed by atoms with van der Waals surface area (Å²) >= 11 is 0. The van der Waals surface area contributed by atoms with Crippen molar-refractivity contribution in [2.75, 3.05) is 13.2 Å². The first-order valence-corrected chi connectivity index (χ1v) is 6.36. The fourth-order valence-corrected chi connectivity index (χ4v) is 2.68. The van der Waals surface area contributed by atoms with Crippen LogP contribution in [0, 0.1) is 0 Å². The van der Waals surface area contributed by atoms with E-state index in [2.05, 4.69) is 15.3 Å². The molecule has 1 saturated carbocycles. The van der Waals surface area contributed by atoms with Crippen LogP contribution in [-0.4, -0.2) is 35.0 Å². The van der Waals surface area contributed by atoms with Gasteiger partial charge in [0.05, 0.1) is 19.8 Å². The van der Waals surface area contributed by atoms with E-state index in [1.165, 1.54) is 0 Å². The zero-order valence-corrected chi connectivity index (χ0v) is 9.95. The Morgan fingerprint density at radius 1 is 1.35 bits per heavy atom. The number of imidazole rings is 1. The molecule has 2 N–H and O–H groups in total. The van der Waals surface area contributed by atoms with Crippen LogP contribution in [0.15, 0.2) is 12.4 Å². The highest BCUT2D eigenvalue weighted by atomic mass is 16.7. The summed E-state index contributed by atoms with van der Waals surface area (Å²) in [6, 6.07) is 0.554. The van der Waals surface area contributed by atoms with Gasteiger partial charge in [-0.25, -0.2) is 4.98 Å². The number of ether oxygens (including phenoxy) is 2. The lowest BCUT2D eigenvalue weighted by Gasteiger charge is -2.35. The first-order valence-electron chi connectivity index (χ1n) is 6.36. The summed E-state index contributed by atoms with van der Waals surface area (Å²) in [6.45, 7) is 2.32. The maximum Gasteiger partial charge on any atom is 0.168 e. The lowest BCUT2D eigenvalue weighted by atomic mass is 9.90. The van der Waals surface area contributed by atoms with Crippen LogP contribution in [0.25, 0.3) is 0 Å². The van der Waals surface area contributed by atoms with Gasteiger partial charge in [-0.2, -0.15) is 0 Å². The van der Waals surface area contributed by atoms with E-state index in [-0.39, 0.29) is 5.79 Å². The monoisotopic (exact) mass is 237 g/mol. The van der Waals surface area contributed by atoms with Crippen LogP contribution < -0.4 is 5.32 Å². The summed E-state index contributed by atoms with van der Waals surface area (Å²) in [5.74, 6) is 0.752. The molecular formula is C12H19N3O2. The molecule has 5 heteroatoms. The molecule has 1 aromatic heterocycles. The zero-order chi connectivity index (χ0) is 11.6. The molecule has 0 aromatic carbocycles. The maximum atomic E-state index is 5.71. The Hall–Kier alpha value is -0.910. The Bertz CT molecular complexity index is 337. The molecule has 1 aliphatic carbocycles. The smallest absolute Gasteiger partial charge is 0.168 e. The molecule has 94 valence electrons. The quantitative estimate of drug-likeness (QED) is 0.829. The number of nitrogens with one attached hydrogen (secondary N) is 2. The van der Waals surface area contributed by atoms with Gasteiger partial charge in [0, 0.05) is 31.3 Å². The number of aromatic amines is 1. The predicted octanol–water partition coefficient (Wildman–Crippen LogP) is 1.18. The van der Waals surface area contributed by atoms with Crippen LogP contribution in [0.3, 0.4) is 0 Å². The third-order valence-corrected chi connectivity index (χ3v) is 3.67. The van der Waals surface area contributed by atoms with E-state index in [0.29, 0.717) is 6.04 Å². The summed E-state index contributed by atoms with van der Waals surface area (Å²) in [6.07, 6.45) is 7.87. The van der Waals surface area contributed by atoms with Gasteiger partial charge in [-0.1, -0.05) is 0 Å². The Morgan fingerprint density at radius 2 is 2.12 bits per heavy atom. The van der Waals surface area contributed by atoms with E-state index in [1.807, 2.05) is 6.20 Å². The zero-order valence-electron chi connectivity index (χ0n) is 9.95. The minimum atomic E-state index is -0.247. The van der Waals surface area contributed by atoms with Gasteiger partial charge in [0.2, 0.25) is 0 Å². The Kier molecular flexibility index (Phi) is 3.13. The standard InChI is InChI=1S/C12H19N3O2/c1-3-12(16-7-8-17-12)4-2-10(1)15-9-11-13-5-6-14-11/h5-6,10,15H,1-4,7-9H2,(H,13,14). The first kappa shape index (κ1) is 11.2. The van der Waals surface area contributed by atoms with Crippen molar-refractivity contribution in [3.05, 3.63) is 18.2 Å². The Morgan fingerprint density at radius 3 is 2.76 bits per heavy atom. The number of hydrogen-bond acceptors (Lipinski definition) is 4. The molecule has 0 atom stereocenters. The normalized spacial score (nSPS) is 24.5. The second-order valence-electron chi connectivity index (χ2n) is 4.80. The molecule has 0 amide bonds. The van der Waals surface area contributed by atoms with Crippen LogP contribution >= 0.6 is 0 Å². The van der Waals surface area contributed by atoms with Gasteiger partial charge < -0.3 is 19.8 Å². The van der Waals surface area contributed by atoms with Gasteiger partial charge >= 0.3 is 0 Å². The van der Waals surface area contributed by atoms with Crippen molar-refractivity contribution in [2.45, 2.75) is 44.1 Å². The SMILES string of the molecule is c1c[nH]c(CNC2CCC3(CC2)OCCO3)n1. The van der Waals surface area contributed by atoms with E-state index in [9.17, 15) is 0 Å². The number of hydrogen-bond donors (Lipinski definition) is 2. The second kappa shape index (κ2) is 4.76. The molecule has 0 bridgehead atoms. The number of aromatic nitrogens is 2. The van der Waals surface area contributed by atoms with E-state index < -0.39 is 0 Å². The van der Waals surface area contributed by atoms with Crippen molar-refractivity contribution in [1.82, 2.24) is 15.3 Å². The molecule has 1 saturated heterocycles. The van der Waals surface area contributed by atoms with Crippen LogP contribution in [0.4, 0.5) is 0 Å². The van der Waals surface area contributed by atoms with E-state index in [0.717, 1.165) is 51.3 Å². The van der Waals surface area contributed by atoms with Gasteiger partial charge in [0.1, 0.15) is 5.82 Å². The van der Waals surface area contributed by atoms with Crippen LogP contribution in [0.1, 0.15) is 31.5 Å². The molecule has 5 nitrogen and oxygen atoms in total. The molecule has 2 aliphatic rings. The third kappa shape index (κ3) is 2.51. The minimum absolute atomic E-state index is 0.247. The summed E-state index contributed by atoms with van der Waals surface area (Å²) < 4.78 is 11.4. The number of H-pyrrole nitrogens is 1. The highest BCUT2D eigenvalue weighted by molar-refractivity contribution is 4.89.